The quantitative estimate of drug-likeness (QED) is 0.611. The molecule has 0 bridgehead atoms. The predicted octanol–water partition coefficient (Wildman–Crippen LogP) is 4.57. The van der Waals surface area contributed by atoms with E-state index in [1.54, 1.807) is 0 Å². The van der Waals surface area contributed by atoms with Crippen LogP contribution in [0.2, 0.25) is 0 Å². The van der Waals surface area contributed by atoms with E-state index in [9.17, 15) is 27.5 Å². The van der Waals surface area contributed by atoms with Crippen LogP contribution in [0.1, 0.15) is 23.0 Å². The molecule has 2 aliphatic heterocycles. The van der Waals surface area contributed by atoms with Crippen molar-refractivity contribution in [3.05, 3.63) is 71.4 Å². The molecular formula is C21H13F4NO5. The fourth-order valence-corrected chi connectivity index (χ4v) is 3.73. The Hall–Kier alpha value is -3.69. The van der Waals surface area contributed by atoms with Gasteiger partial charge < -0.3 is 23.9 Å². The smallest absolute Gasteiger partial charge is 0.449 e. The Morgan fingerprint density at radius 3 is 2.52 bits per heavy atom. The first-order valence-corrected chi connectivity index (χ1v) is 9.14. The zero-order chi connectivity index (χ0) is 21.9. The molecule has 5 rings (SSSR count). The highest BCUT2D eigenvalue weighted by Gasteiger charge is 2.47. The molecule has 3 heterocycles. The van der Waals surface area contributed by atoms with Gasteiger partial charge in [0, 0.05) is 11.8 Å². The average Bonchev–Trinajstić information content (AvgIpc) is 3.38. The van der Waals surface area contributed by atoms with Gasteiger partial charge in [0.25, 0.3) is 6.29 Å². The summed E-state index contributed by atoms with van der Waals surface area (Å²) in [4.78, 5) is 14.4. The highest BCUT2D eigenvalue weighted by atomic mass is 19.4. The van der Waals surface area contributed by atoms with Crippen LogP contribution < -0.4 is 14.4 Å². The molecule has 1 amide bonds. The molecule has 2 atom stereocenters. The molecule has 1 N–H and O–H groups in total. The van der Waals surface area contributed by atoms with Crippen LogP contribution in [0.25, 0.3) is 0 Å². The first-order valence-electron chi connectivity index (χ1n) is 9.14. The van der Waals surface area contributed by atoms with Crippen LogP contribution in [-0.2, 0) is 17.5 Å². The molecule has 3 aromatic rings. The molecule has 2 aliphatic rings. The number of nitrogens with zero attached hydrogens (tertiary/aromatic N) is 1. The number of fused-ring (bicyclic) bond motifs is 2. The molecule has 31 heavy (non-hydrogen) atoms. The van der Waals surface area contributed by atoms with Gasteiger partial charge in [-0.1, -0.05) is 0 Å². The second-order valence-electron chi connectivity index (χ2n) is 7.10. The number of halogens is 4. The summed E-state index contributed by atoms with van der Waals surface area (Å²) in [6, 6.07) is 9.76. The van der Waals surface area contributed by atoms with E-state index in [2.05, 4.69) is 0 Å². The maximum Gasteiger partial charge on any atom is 0.449 e. The van der Waals surface area contributed by atoms with Crippen molar-refractivity contribution in [2.75, 3.05) is 4.90 Å². The van der Waals surface area contributed by atoms with Gasteiger partial charge in [0.1, 0.15) is 23.2 Å². The molecule has 10 heteroatoms. The Labute approximate surface area is 172 Å². The molecule has 2 aromatic carbocycles. The zero-order valence-electron chi connectivity index (χ0n) is 15.5. The number of hydrogen-bond donors (Lipinski definition) is 1. The second kappa shape index (κ2) is 6.66. The normalized spacial score (nSPS) is 19.7. The number of phenols is 1. The monoisotopic (exact) mass is 435 g/mol. The molecule has 1 aromatic heterocycles. The van der Waals surface area contributed by atoms with Crippen LogP contribution in [-0.4, -0.2) is 17.3 Å². The minimum absolute atomic E-state index is 0.0629. The van der Waals surface area contributed by atoms with E-state index in [1.165, 1.54) is 29.2 Å². The van der Waals surface area contributed by atoms with E-state index >= 15 is 0 Å². The Balaban J connectivity index is 1.47. The molecule has 0 fully saturated rings. The van der Waals surface area contributed by atoms with Crippen LogP contribution >= 0.6 is 0 Å². The molecule has 6 nitrogen and oxygen atoms in total. The number of furan rings is 1. The molecular weight excluding hydrogens is 422 g/mol. The lowest BCUT2D eigenvalue weighted by molar-refractivity contribution is -0.153. The summed E-state index contributed by atoms with van der Waals surface area (Å²) in [6.07, 6.45) is -5.79. The largest absolute Gasteiger partial charge is 0.508 e. The topological polar surface area (TPSA) is 72.1 Å². The number of rotatable bonds is 3. The molecule has 160 valence electrons. The standard InChI is InChI=1S/C21H13F4NO5/c22-10-1-4-14-13(7-10)18(20-30-15-5-2-11(27)8-16(15)31-20)19(28)26(14)9-12-3-6-17(29-12)21(23,24)25/h1-8,18,20,27H,9H2. The van der Waals surface area contributed by atoms with Crippen LogP contribution in [0.5, 0.6) is 17.2 Å². The van der Waals surface area contributed by atoms with Gasteiger partial charge in [-0.05, 0) is 48.0 Å². The number of amides is 1. The van der Waals surface area contributed by atoms with E-state index < -0.39 is 35.9 Å². The number of ether oxygens (including phenoxy) is 2. The minimum Gasteiger partial charge on any atom is -0.508 e. The van der Waals surface area contributed by atoms with Gasteiger partial charge in [-0.15, -0.1) is 0 Å². The highest BCUT2D eigenvalue weighted by Crippen LogP contribution is 2.46. The summed E-state index contributed by atoms with van der Waals surface area (Å²) in [5.74, 6) is -3.02. The first-order chi connectivity index (χ1) is 14.7. The van der Waals surface area contributed by atoms with Crippen LogP contribution in [0, 0.1) is 5.82 Å². The summed E-state index contributed by atoms with van der Waals surface area (Å²) >= 11 is 0. The van der Waals surface area contributed by atoms with Crippen molar-refractivity contribution >= 4 is 11.6 Å². The third-order valence-corrected chi connectivity index (χ3v) is 5.09. The van der Waals surface area contributed by atoms with E-state index in [1.807, 2.05) is 0 Å². The predicted molar refractivity (Wildman–Crippen MR) is 97.2 cm³/mol. The van der Waals surface area contributed by atoms with E-state index in [-0.39, 0.29) is 29.4 Å². The Kier molecular flexibility index (Phi) is 4.14. The molecule has 0 saturated carbocycles. The number of carbonyl (C=O) groups excluding carboxylic acids is 1. The first kappa shape index (κ1) is 19.3. The van der Waals surface area contributed by atoms with E-state index in [0.717, 1.165) is 24.3 Å². The van der Waals surface area contributed by atoms with Crippen LogP contribution in [0.4, 0.5) is 23.2 Å². The van der Waals surface area contributed by atoms with E-state index in [0.29, 0.717) is 11.4 Å². The van der Waals surface area contributed by atoms with Gasteiger partial charge in [0.2, 0.25) is 11.7 Å². The van der Waals surface area contributed by atoms with Crippen molar-refractivity contribution in [2.24, 2.45) is 0 Å². The highest BCUT2D eigenvalue weighted by molar-refractivity contribution is 6.05. The van der Waals surface area contributed by atoms with Gasteiger partial charge in [-0.2, -0.15) is 13.2 Å². The lowest BCUT2D eigenvalue weighted by Gasteiger charge is -2.19. The lowest BCUT2D eigenvalue weighted by atomic mass is 10.00. The molecule has 0 spiro atoms. The third kappa shape index (κ3) is 3.24. The fourth-order valence-electron chi connectivity index (χ4n) is 3.73. The number of alkyl halides is 3. The van der Waals surface area contributed by atoms with E-state index in [4.69, 9.17) is 13.9 Å². The van der Waals surface area contributed by atoms with Crippen molar-refractivity contribution in [3.8, 4) is 17.2 Å². The van der Waals surface area contributed by atoms with Crippen molar-refractivity contribution in [2.45, 2.75) is 24.9 Å². The van der Waals surface area contributed by atoms with Gasteiger partial charge >= 0.3 is 6.18 Å². The fraction of sp³-hybridized carbons (Fsp3) is 0.190. The Bertz CT molecular complexity index is 1190. The summed E-state index contributed by atoms with van der Waals surface area (Å²) in [7, 11) is 0. The van der Waals surface area contributed by atoms with Crippen molar-refractivity contribution in [1.29, 1.82) is 0 Å². The van der Waals surface area contributed by atoms with Crippen LogP contribution in [0.15, 0.2) is 52.9 Å². The van der Waals surface area contributed by atoms with Crippen molar-refractivity contribution in [1.82, 2.24) is 0 Å². The molecule has 2 unspecified atom stereocenters. The number of anilines is 1. The molecule has 0 radical (unpaired) electrons. The van der Waals surface area contributed by atoms with Crippen molar-refractivity contribution < 1.29 is 41.4 Å². The lowest BCUT2D eigenvalue weighted by Crippen LogP contribution is -2.36. The summed E-state index contributed by atoms with van der Waals surface area (Å²) in [5, 5.41) is 9.61. The SMILES string of the molecule is O=C1C(C2Oc3ccc(O)cc3O2)c2cc(F)ccc2N1Cc1ccc(C(F)(F)F)o1. The maximum absolute atomic E-state index is 14.0. The summed E-state index contributed by atoms with van der Waals surface area (Å²) < 4.78 is 68.6. The number of benzene rings is 2. The maximum atomic E-state index is 14.0. The van der Waals surface area contributed by atoms with Gasteiger partial charge in [-0.3, -0.25) is 4.79 Å². The summed E-state index contributed by atoms with van der Waals surface area (Å²) in [5.41, 5.74) is 0.585. The number of phenolic OH excluding ortho intramolecular Hbond substituents is 1. The Morgan fingerprint density at radius 2 is 1.77 bits per heavy atom. The second-order valence-corrected chi connectivity index (χ2v) is 7.10. The summed E-state index contributed by atoms with van der Waals surface area (Å²) in [6.45, 7) is -0.287. The molecule has 0 saturated heterocycles. The van der Waals surface area contributed by atoms with Crippen molar-refractivity contribution in [3.63, 3.8) is 0 Å². The number of carbonyl (C=O) groups is 1. The zero-order valence-corrected chi connectivity index (χ0v) is 15.5. The Morgan fingerprint density at radius 1 is 1.00 bits per heavy atom. The average molecular weight is 435 g/mol. The van der Waals surface area contributed by atoms with Gasteiger partial charge in [0.15, 0.2) is 11.5 Å². The van der Waals surface area contributed by atoms with Crippen LogP contribution in [0.3, 0.4) is 0 Å². The number of hydrogen-bond acceptors (Lipinski definition) is 5. The minimum atomic E-state index is -4.65. The molecule has 0 aliphatic carbocycles. The third-order valence-electron chi connectivity index (χ3n) is 5.09. The van der Waals surface area contributed by atoms with Gasteiger partial charge in [-0.25, -0.2) is 4.39 Å². The number of aromatic hydroxyl groups is 1. The van der Waals surface area contributed by atoms with Gasteiger partial charge in [0.05, 0.1) is 6.54 Å².